The summed E-state index contributed by atoms with van der Waals surface area (Å²) < 4.78 is 18.4. The molecule has 28 heavy (non-hydrogen) atoms. The van der Waals surface area contributed by atoms with Gasteiger partial charge >= 0.3 is 0 Å². The van der Waals surface area contributed by atoms with E-state index in [9.17, 15) is 4.21 Å². The highest BCUT2D eigenvalue weighted by Crippen LogP contribution is 2.18. The van der Waals surface area contributed by atoms with Crippen molar-refractivity contribution < 1.29 is 8.95 Å². The van der Waals surface area contributed by atoms with Crippen molar-refractivity contribution in [2.24, 2.45) is 4.99 Å². The standard InChI is InChI=1S/C21H27N3O2S.HI/c1-22-21(23-14-17-27(25)20-10-6-3-7-11-20)24-15-12-19(13-16-24)26-18-8-4-2-5-9-18;/h2-11,19H,12-17H2,1H3,(H,22,23);1H. The molecule has 1 fully saturated rings. The number of aliphatic imine (C=N–C) groups is 1. The first kappa shape index (κ1) is 22.7. The highest BCUT2D eigenvalue weighted by atomic mass is 127. The zero-order valence-corrected chi connectivity index (χ0v) is 19.3. The summed E-state index contributed by atoms with van der Waals surface area (Å²) in [5, 5.41) is 3.35. The molecule has 0 aliphatic carbocycles. The number of nitrogens with one attached hydrogen (secondary N) is 1. The van der Waals surface area contributed by atoms with Gasteiger partial charge in [-0.3, -0.25) is 9.20 Å². The number of likely N-dealkylation sites (tertiary alicyclic amines) is 1. The summed E-state index contributed by atoms with van der Waals surface area (Å²) in [7, 11) is 0.804. The Bertz CT molecular complexity index is 751. The zero-order valence-electron chi connectivity index (χ0n) is 16.1. The lowest BCUT2D eigenvalue weighted by molar-refractivity contribution is 0.129. The molecule has 1 unspecified atom stereocenters. The fourth-order valence-electron chi connectivity index (χ4n) is 3.15. The number of para-hydroxylation sites is 1. The molecule has 2 aromatic rings. The zero-order chi connectivity index (χ0) is 18.9. The SMILES string of the molecule is CN=C(NCCS(=O)c1ccccc1)N1CCC(Oc2ccccc2)CC1.I. The molecule has 3 rings (SSSR count). The molecule has 0 bridgehead atoms. The van der Waals surface area contributed by atoms with Crippen molar-refractivity contribution in [3.8, 4) is 5.75 Å². The largest absolute Gasteiger partial charge is 0.490 e. The molecule has 7 heteroatoms. The lowest BCUT2D eigenvalue weighted by Gasteiger charge is -2.34. The fourth-order valence-corrected chi connectivity index (χ4v) is 4.14. The van der Waals surface area contributed by atoms with Crippen LogP contribution in [-0.2, 0) is 10.8 Å². The fraction of sp³-hybridized carbons (Fsp3) is 0.381. The third kappa shape index (κ3) is 6.77. The molecule has 1 heterocycles. The van der Waals surface area contributed by atoms with Crippen LogP contribution in [0.3, 0.4) is 0 Å². The predicted octanol–water partition coefficient (Wildman–Crippen LogP) is 3.53. The van der Waals surface area contributed by atoms with Gasteiger partial charge in [0.1, 0.15) is 11.9 Å². The van der Waals surface area contributed by atoms with Crippen LogP contribution in [-0.4, -0.2) is 53.6 Å². The Balaban J connectivity index is 0.00000280. The average Bonchev–Trinajstić information content (AvgIpc) is 2.73. The van der Waals surface area contributed by atoms with Crippen LogP contribution >= 0.6 is 24.0 Å². The lowest BCUT2D eigenvalue weighted by atomic mass is 10.1. The molecular weight excluding hydrogens is 485 g/mol. The average molecular weight is 513 g/mol. The Labute approximate surface area is 187 Å². The maximum atomic E-state index is 12.3. The molecule has 1 N–H and O–H groups in total. The summed E-state index contributed by atoms with van der Waals surface area (Å²) in [6, 6.07) is 19.6. The van der Waals surface area contributed by atoms with E-state index in [4.69, 9.17) is 4.74 Å². The van der Waals surface area contributed by atoms with Crippen LogP contribution in [0.1, 0.15) is 12.8 Å². The maximum Gasteiger partial charge on any atom is 0.193 e. The van der Waals surface area contributed by atoms with Crippen LogP contribution in [0.5, 0.6) is 5.75 Å². The van der Waals surface area contributed by atoms with Crippen molar-refractivity contribution in [2.45, 2.75) is 23.8 Å². The third-order valence-corrected chi connectivity index (χ3v) is 5.95. The predicted molar refractivity (Wildman–Crippen MR) is 126 cm³/mol. The number of hydrogen-bond acceptors (Lipinski definition) is 3. The Morgan fingerprint density at radius 1 is 1.11 bits per heavy atom. The van der Waals surface area contributed by atoms with Gasteiger partial charge in [0.15, 0.2) is 5.96 Å². The normalized spacial score (nSPS) is 16.2. The van der Waals surface area contributed by atoms with Crippen LogP contribution in [0.4, 0.5) is 0 Å². The molecule has 0 spiro atoms. The third-order valence-electron chi connectivity index (χ3n) is 4.58. The lowest BCUT2D eigenvalue weighted by Crippen LogP contribution is -2.48. The van der Waals surface area contributed by atoms with Gasteiger partial charge in [0.2, 0.25) is 0 Å². The summed E-state index contributed by atoms with van der Waals surface area (Å²) >= 11 is 0. The van der Waals surface area contributed by atoms with E-state index in [1.54, 1.807) is 7.05 Å². The maximum absolute atomic E-state index is 12.3. The molecule has 0 radical (unpaired) electrons. The number of piperidine rings is 1. The van der Waals surface area contributed by atoms with Gasteiger partial charge in [-0.05, 0) is 24.3 Å². The first-order valence-corrected chi connectivity index (χ1v) is 10.7. The van der Waals surface area contributed by atoms with Gasteiger partial charge in [-0.15, -0.1) is 24.0 Å². The first-order valence-electron chi connectivity index (χ1n) is 9.37. The van der Waals surface area contributed by atoms with Gasteiger partial charge in [-0.25, -0.2) is 0 Å². The Kier molecular flexibility index (Phi) is 9.77. The number of hydrogen-bond donors (Lipinski definition) is 1. The van der Waals surface area contributed by atoms with Crippen LogP contribution in [0, 0.1) is 0 Å². The molecule has 1 aliphatic heterocycles. The van der Waals surface area contributed by atoms with Crippen LogP contribution in [0.25, 0.3) is 0 Å². The molecule has 5 nitrogen and oxygen atoms in total. The highest BCUT2D eigenvalue weighted by molar-refractivity contribution is 14.0. The molecular formula is C21H28IN3O2S. The molecule has 0 amide bonds. The van der Waals surface area contributed by atoms with Crippen LogP contribution < -0.4 is 10.1 Å². The minimum absolute atomic E-state index is 0. The van der Waals surface area contributed by atoms with Gasteiger partial charge in [0.05, 0.1) is 10.8 Å². The van der Waals surface area contributed by atoms with E-state index in [-0.39, 0.29) is 30.1 Å². The second-order valence-electron chi connectivity index (χ2n) is 6.45. The summed E-state index contributed by atoms with van der Waals surface area (Å²) in [5.41, 5.74) is 0. The van der Waals surface area contributed by atoms with Crippen LogP contribution in [0.2, 0.25) is 0 Å². The van der Waals surface area contributed by atoms with E-state index in [1.807, 2.05) is 60.7 Å². The minimum atomic E-state index is -0.991. The van der Waals surface area contributed by atoms with Gasteiger partial charge in [-0.2, -0.15) is 0 Å². The van der Waals surface area contributed by atoms with Gasteiger partial charge in [0.25, 0.3) is 0 Å². The summed E-state index contributed by atoms with van der Waals surface area (Å²) in [6.45, 7) is 2.44. The van der Waals surface area contributed by atoms with Crippen molar-refractivity contribution >= 4 is 40.7 Å². The van der Waals surface area contributed by atoms with Crippen molar-refractivity contribution in [3.05, 3.63) is 60.7 Å². The highest BCUT2D eigenvalue weighted by Gasteiger charge is 2.22. The summed E-state index contributed by atoms with van der Waals surface area (Å²) in [6.07, 6.45) is 2.17. The van der Waals surface area contributed by atoms with E-state index in [0.717, 1.165) is 42.5 Å². The quantitative estimate of drug-likeness (QED) is 0.365. The number of rotatable bonds is 6. The molecule has 1 atom stereocenters. The monoisotopic (exact) mass is 513 g/mol. The number of ether oxygens (including phenoxy) is 1. The molecule has 152 valence electrons. The Morgan fingerprint density at radius 2 is 1.71 bits per heavy atom. The van der Waals surface area contributed by atoms with E-state index in [2.05, 4.69) is 15.2 Å². The van der Waals surface area contributed by atoms with E-state index in [0.29, 0.717) is 12.3 Å². The number of guanidine groups is 1. The smallest absolute Gasteiger partial charge is 0.193 e. The van der Waals surface area contributed by atoms with Crippen molar-refractivity contribution in [1.82, 2.24) is 10.2 Å². The Hall–Kier alpha value is -1.61. The van der Waals surface area contributed by atoms with E-state index >= 15 is 0 Å². The first-order chi connectivity index (χ1) is 13.3. The molecule has 1 aliphatic rings. The molecule has 0 saturated carbocycles. The van der Waals surface area contributed by atoms with Gasteiger partial charge in [-0.1, -0.05) is 36.4 Å². The molecule has 0 aromatic heterocycles. The molecule has 1 saturated heterocycles. The van der Waals surface area contributed by atoms with Crippen molar-refractivity contribution in [2.75, 3.05) is 32.4 Å². The van der Waals surface area contributed by atoms with Gasteiger partial charge in [0, 0.05) is 50.2 Å². The van der Waals surface area contributed by atoms with Crippen molar-refractivity contribution in [1.29, 1.82) is 0 Å². The number of halogens is 1. The number of benzene rings is 2. The topological polar surface area (TPSA) is 53.9 Å². The van der Waals surface area contributed by atoms with Crippen LogP contribution in [0.15, 0.2) is 70.6 Å². The molecule has 2 aromatic carbocycles. The second-order valence-corrected chi connectivity index (χ2v) is 8.02. The van der Waals surface area contributed by atoms with Gasteiger partial charge < -0.3 is 15.0 Å². The summed E-state index contributed by atoms with van der Waals surface area (Å²) in [4.78, 5) is 7.50. The van der Waals surface area contributed by atoms with E-state index in [1.165, 1.54) is 0 Å². The summed E-state index contributed by atoms with van der Waals surface area (Å²) in [5.74, 6) is 2.37. The van der Waals surface area contributed by atoms with Crippen molar-refractivity contribution in [3.63, 3.8) is 0 Å². The minimum Gasteiger partial charge on any atom is -0.490 e. The second kappa shape index (κ2) is 12.1. The Morgan fingerprint density at radius 3 is 2.32 bits per heavy atom. The number of nitrogens with zero attached hydrogens (tertiary/aromatic N) is 2. The van der Waals surface area contributed by atoms with E-state index < -0.39 is 10.8 Å².